The molecule has 0 radical (unpaired) electrons. The molecule has 10 nitrogen and oxygen atoms in total. The van der Waals surface area contributed by atoms with Gasteiger partial charge in [-0.05, 0) is 55.5 Å². The second kappa shape index (κ2) is 10.7. The van der Waals surface area contributed by atoms with Gasteiger partial charge in [0.05, 0.1) is 48.7 Å². The van der Waals surface area contributed by atoms with Crippen LogP contribution < -0.4 is 31.2 Å². The minimum Gasteiger partial charge on any atom is -0.497 e. The van der Waals surface area contributed by atoms with Crippen molar-refractivity contribution in [1.82, 2.24) is 14.9 Å². The third-order valence-corrected chi connectivity index (χ3v) is 5.35. The summed E-state index contributed by atoms with van der Waals surface area (Å²) < 4.78 is 17.7. The molecule has 2 aromatic carbocycles. The highest BCUT2D eigenvalue weighted by Gasteiger charge is 2.16. The van der Waals surface area contributed by atoms with E-state index in [4.69, 9.17) is 19.9 Å². The highest BCUT2D eigenvalue weighted by molar-refractivity contribution is 5.96. The lowest BCUT2D eigenvalue weighted by Crippen LogP contribution is -2.31. The Labute approximate surface area is 203 Å². The quantitative estimate of drug-likeness (QED) is 0.262. The van der Waals surface area contributed by atoms with Crippen LogP contribution in [0.5, 0.6) is 17.2 Å². The van der Waals surface area contributed by atoms with E-state index in [2.05, 4.69) is 21.0 Å². The number of aryl methyl sites for hydroxylation is 1. The lowest BCUT2D eigenvalue weighted by atomic mass is 10.2. The van der Waals surface area contributed by atoms with Gasteiger partial charge in [-0.25, -0.2) is 9.31 Å². The van der Waals surface area contributed by atoms with Gasteiger partial charge >= 0.3 is 6.03 Å². The van der Waals surface area contributed by atoms with E-state index < -0.39 is 0 Å². The highest BCUT2D eigenvalue weighted by Crippen LogP contribution is 2.34. The van der Waals surface area contributed by atoms with Gasteiger partial charge in [-0.2, -0.15) is 5.10 Å². The number of methoxy groups -OCH3 is 2. The summed E-state index contributed by atoms with van der Waals surface area (Å²) in [5, 5.41) is 13.3. The average molecular weight is 477 g/mol. The molecule has 4 rings (SSSR count). The second-order valence-electron chi connectivity index (χ2n) is 7.74. The standard InChI is InChI=1S/C25H28N6O4/c1-16-22(30-25(32)27-12-13-33-2)15-31-24(16)23(21(26)14-28-31)29-17-4-6-19(7-5-17)35-20-10-8-18(34-3)9-11-20/h4-11,14-15,29H,12-13,26H2,1-3H3,(H2,27,30,32). The SMILES string of the molecule is COCCNC(=O)Nc1cn2ncc(N)c(Nc3ccc(Oc4ccc(OC)cc4)cc3)c2c1C. The van der Waals surface area contributed by atoms with Gasteiger partial charge in [-0.1, -0.05) is 0 Å². The van der Waals surface area contributed by atoms with Crippen molar-refractivity contribution in [3.05, 3.63) is 66.5 Å². The van der Waals surface area contributed by atoms with Crippen molar-refractivity contribution < 1.29 is 19.0 Å². The molecule has 0 saturated carbocycles. The number of fused-ring (bicyclic) bond motifs is 1. The van der Waals surface area contributed by atoms with Crippen LogP contribution >= 0.6 is 0 Å². The molecule has 2 heterocycles. The molecule has 0 aliphatic carbocycles. The summed E-state index contributed by atoms with van der Waals surface area (Å²) in [5.41, 5.74) is 10.5. The molecule has 2 amide bonds. The van der Waals surface area contributed by atoms with Crippen LogP contribution in [0.2, 0.25) is 0 Å². The van der Waals surface area contributed by atoms with Gasteiger partial charge in [-0.15, -0.1) is 0 Å². The van der Waals surface area contributed by atoms with Gasteiger partial charge in [-0.3, -0.25) is 0 Å². The monoisotopic (exact) mass is 476 g/mol. The minimum absolute atomic E-state index is 0.323. The summed E-state index contributed by atoms with van der Waals surface area (Å²) in [5.74, 6) is 2.17. The van der Waals surface area contributed by atoms with Crippen LogP contribution in [0.4, 0.5) is 27.5 Å². The van der Waals surface area contributed by atoms with E-state index in [0.29, 0.717) is 41.7 Å². The first-order valence-electron chi connectivity index (χ1n) is 11.0. The maximum absolute atomic E-state index is 12.2. The van der Waals surface area contributed by atoms with Gasteiger partial charge in [0.15, 0.2) is 0 Å². The molecule has 0 atom stereocenters. The van der Waals surface area contributed by atoms with Gasteiger partial charge in [0, 0.05) is 24.9 Å². The maximum Gasteiger partial charge on any atom is 0.319 e. The molecule has 0 bridgehead atoms. The highest BCUT2D eigenvalue weighted by atomic mass is 16.5. The average Bonchev–Trinajstić information content (AvgIpc) is 3.18. The zero-order valence-electron chi connectivity index (χ0n) is 19.8. The molecule has 182 valence electrons. The fraction of sp³-hybridized carbons (Fsp3) is 0.200. The van der Waals surface area contributed by atoms with Crippen LogP contribution in [0.3, 0.4) is 0 Å². The number of anilines is 4. The summed E-state index contributed by atoms with van der Waals surface area (Å²) in [7, 11) is 3.20. The van der Waals surface area contributed by atoms with Crippen molar-refractivity contribution in [3.63, 3.8) is 0 Å². The first-order chi connectivity index (χ1) is 17.0. The zero-order valence-corrected chi connectivity index (χ0v) is 19.8. The molecule has 0 fully saturated rings. The Bertz CT molecular complexity index is 1300. The summed E-state index contributed by atoms with van der Waals surface area (Å²) in [6.45, 7) is 2.74. The van der Waals surface area contributed by atoms with Crippen LogP contribution in [0.15, 0.2) is 60.9 Å². The van der Waals surface area contributed by atoms with Crippen LogP contribution in [0, 0.1) is 6.92 Å². The van der Waals surface area contributed by atoms with Crippen molar-refractivity contribution in [2.75, 3.05) is 43.7 Å². The summed E-state index contributed by atoms with van der Waals surface area (Å²) >= 11 is 0. The number of aromatic nitrogens is 2. The number of nitrogens with zero attached hydrogens (tertiary/aromatic N) is 2. The van der Waals surface area contributed by atoms with Crippen molar-refractivity contribution in [3.8, 4) is 17.2 Å². The number of ether oxygens (including phenoxy) is 3. The predicted molar refractivity (Wildman–Crippen MR) is 136 cm³/mol. The van der Waals surface area contributed by atoms with Gasteiger partial charge < -0.3 is 35.9 Å². The van der Waals surface area contributed by atoms with E-state index in [1.807, 2.05) is 55.5 Å². The number of urea groups is 1. The summed E-state index contributed by atoms with van der Waals surface area (Å²) in [6.07, 6.45) is 3.31. The molecule has 2 aromatic heterocycles. The Morgan fingerprint density at radius 3 is 2.34 bits per heavy atom. The molecule has 0 aliphatic heterocycles. The molecule has 10 heteroatoms. The summed E-state index contributed by atoms with van der Waals surface area (Å²) in [6, 6.07) is 14.6. The number of amides is 2. The van der Waals surface area contributed by atoms with Gasteiger partial charge in [0.25, 0.3) is 0 Å². The number of nitrogens with one attached hydrogen (secondary N) is 3. The molecular formula is C25H28N6O4. The molecule has 0 unspecified atom stereocenters. The molecule has 5 N–H and O–H groups in total. The smallest absolute Gasteiger partial charge is 0.319 e. The van der Waals surface area contributed by atoms with E-state index in [9.17, 15) is 4.79 Å². The van der Waals surface area contributed by atoms with Crippen LogP contribution in [0.25, 0.3) is 5.52 Å². The third-order valence-electron chi connectivity index (χ3n) is 5.35. The largest absolute Gasteiger partial charge is 0.497 e. The van der Waals surface area contributed by atoms with E-state index in [0.717, 1.165) is 22.5 Å². The number of nitrogen functional groups attached to an aromatic ring is 1. The minimum atomic E-state index is -0.323. The Hall–Kier alpha value is -4.44. The number of benzene rings is 2. The Morgan fingerprint density at radius 1 is 1.03 bits per heavy atom. The Balaban J connectivity index is 1.51. The van der Waals surface area contributed by atoms with Crippen LogP contribution in [-0.4, -0.2) is 43.0 Å². The molecule has 0 saturated heterocycles. The van der Waals surface area contributed by atoms with Gasteiger partial charge in [0.2, 0.25) is 0 Å². The van der Waals surface area contributed by atoms with Crippen LogP contribution in [0.1, 0.15) is 5.56 Å². The molecule has 0 spiro atoms. The number of hydrogen-bond acceptors (Lipinski definition) is 7. The van der Waals surface area contributed by atoms with E-state index in [1.54, 1.807) is 31.1 Å². The van der Waals surface area contributed by atoms with Crippen molar-refractivity contribution in [2.45, 2.75) is 6.92 Å². The molecule has 0 aliphatic rings. The van der Waals surface area contributed by atoms with Crippen LogP contribution in [-0.2, 0) is 4.74 Å². The topological polar surface area (TPSA) is 124 Å². The fourth-order valence-corrected chi connectivity index (χ4v) is 3.52. The number of nitrogens with two attached hydrogens (primary N) is 1. The zero-order chi connectivity index (χ0) is 24.8. The summed E-state index contributed by atoms with van der Waals surface area (Å²) in [4.78, 5) is 12.2. The number of hydrogen-bond donors (Lipinski definition) is 4. The Kier molecular flexibility index (Phi) is 7.22. The third kappa shape index (κ3) is 5.56. The first kappa shape index (κ1) is 23.7. The van der Waals surface area contributed by atoms with E-state index >= 15 is 0 Å². The van der Waals surface area contributed by atoms with Crippen molar-refractivity contribution in [2.24, 2.45) is 0 Å². The Morgan fingerprint density at radius 2 is 1.69 bits per heavy atom. The van der Waals surface area contributed by atoms with Gasteiger partial charge in [0.1, 0.15) is 17.2 Å². The first-order valence-corrected chi connectivity index (χ1v) is 11.0. The number of carbonyl (C=O) groups excluding carboxylic acids is 1. The number of carbonyl (C=O) groups is 1. The van der Waals surface area contributed by atoms with Crippen molar-refractivity contribution in [1.29, 1.82) is 0 Å². The van der Waals surface area contributed by atoms with Crippen molar-refractivity contribution >= 4 is 34.3 Å². The number of rotatable bonds is 9. The lowest BCUT2D eigenvalue weighted by molar-refractivity contribution is 0.198. The lowest BCUT2D eigenvalue weighted by Gasteiger charge is -2.13. The van der Waals surface area contributed by atoms with E-state index in [1.165, 1.54) is 0 Å². The maximum atomic E-state index is 12.2. The fourth-order valence-electron chi connectivity index (χ4n) is 3.52. The molecule has 4 aromatic rings. The van der Waals surface area contributed by atoms with E-state index in [-0.39, 0.29) is 6.03 Å². The molecule has 35 heavy (non-hydrogen) atoms. The predicted octanol–water partition coefficient (Wildman–Crippen LogP) is 4.54. The molecular weight excluding hydrogens is 448 g/mol. The normalized spacial score (nSPS) is 10.7. The second-order valence-corrected chi connectivity index (χ2v) is 7.74.